The molecule has 1 aliphatic rings. The Morgan fingerprint density at radius 3 is 2.55 bits per heavy atom. The van der Waals surface area contributed by atoms with Crippen LogP contribution in [0.4, 0.5) is 0 Å². The van der Waals surface area contributed by atoms with Gasteiger partial charge in [0.1, 0.15) is 0 Å². The van der Waals surface area contributed by atoms with Crippen molar-refractivity contribution in [1.29, 1.82) is 0 Å². The van der Waals surface area contributed by atoms with Crippen LogP contribution in [0.2, 0.25) is 0 Å². The van der Waals surface area contributed by atoms with Crippen LogP contribution in [0.3, 0.4) is 0 Å². The molecule has 0 spiro atoms. The van der Waals surface area contributed by atoms with Crippen LogP contribution in [0.5, 0.6) is 0 Å². The number of rotatable bonds is 4. The first kappa shape index (κ1) is 16.1. The Morgan fingerprint density at radius 2 is 1.77 bits per heavy atom. The van der Waals surface area contributed by atoms with Gasteiger partial charge in [-0.3, -0.25) is 0 Å². The molecule has 1 saturated carbocycles. The van der Waals surface area contributed by atoms with Gasteiger partial charge in [-0.05, 0) is 44.0 Å². The zero-order valence-electron chi connectivity index (χ0n) is 13.0. The van der Waals surface area contributed by atoms with E-state index in [-0.39, 0.29) is 0 Å². The number of aliphatic hydroxyl groups is 1. The van der Waals surface area contributed by atoms with Crippen LogP contribution >= 0.6 is 19.2 Å². The summed E-state index contributed by atoms with van der Waals surface area (Å²) < 4.78 is 0. The fraction of sp³-hybridized carbons (Fsp3) is 0.368. The van der Waals surface area contributed by atoms with Crippen LogP contribution in [-0.2, 0) is 0 Å². The summed E-state index contributed by atoms with van der Waals surface area (Å²) >= 11 is 1.94. The highest BCUT2D eigenvalue weighted by Gasteiger charge is 2.34. The van der Waals surface area contributed by atoms with Crippen molar-refractivity contribution in [2.24, 2.45) is 0 Å². The lowest BCUT2D eigenvalue weighted by Gasteiger charge is -2.36. The van der Waals surface area contributed by atoms with Crippen LogP contribution in [0.25, 0.3) is 11.1 Å². The minimum Gasteiger partial charge on any atom is -0.389 e. The Kier molecular flexibility index (Phi) is 5.23. The Morgan fingerprint density at radius 1 is 1.05 bits per heavy atom. The topological polar surface area (TPSA) is 20.2 Å². The molecule has 1 N–H and O–H groups in total. The maximum Gasteiger partial charge on any atom is 0.0741 e. The Labute approximate surface area is 139 Å². The zero-order chi connectivity index (χ0) is 15.4. The summed E-state index contributed by atoms with van der Waals surface area (Å²) in [4.78, 5) is 0. The standard InChI is InChI=1S/C19H23OPS/c1-19(20)14-8-7-13-18(19)22-21-17-12-6-5-11-16(17)15-9-3-2-4-10-15/h2-6,9-12,18,20-21H,7-8,13-14H2,1H3. The molecule has 2 aromatic rings. The van der Waals surface area contributed by atoms with Crippen molar-refractivity contribution in [2.45, 2.75) is 43.5 Å². The molecule has 0 saturated heterocycles. The molecule has 22 heavy (non-hydrogen) atoms. The van der Waals surface area contributed by atoms with E-state index < -0.39 is 5.60 Å². The van der Waals surface area contributed by atoms with E-state index in [0.717, 1.165) is 19.3 Å². The molecule has 116 valence electrons. The summed E-state index contributed by atoms with van der Waals surface area (Å²) in [6.07, 6.45) is 4.49. The lowest BCUT2D eigenvalue weighted by molar-refractivity contribution is 0.0296. The van der Waals surface area contributed by atoms with Gasteiger partial charge in [-0.25, -0.2) is 0 Å². The van der Waals surface area contributed by atoms with Gasteiger partial charge in [0.2, 0.25) is 0 Å². The molecule has 0 radical (unpaired) electrons. The first-order valence-electron chi connectivity index (χ1n) is 7.95. The highest BCUT2D eigenvalue weighted by atomic mass is 32.7. The summed E-state index contributed by atoms with van der Waals surface area (Å²) in [5.41, 5.74) is 2.10. The molecule has 1 nitrogen and oxygen atoms in total. The third kappa shape index (κ3) is 3.74. The van der Waals surface area contributed by atoms with E-state index in [1.165, 1.54) is 22.9 Å². The minimum absolute atomic E-state index is 0.364. The van der Waals surface area contributed by atoms with E-state index in [9.17, 15) is 5.11 Å². The van der Waals surface area contributed by atoms with Crippen LogP contribution in [0.15, 0.2) is 54.6 Å². The second-order valence-electron chi connectivity index (χ2n) is 6.22. The molecule has 3 heteroatoms. The molecule has 3 unspecified atom stereocenters. The molecule has 3 rings (SSSR count). The van der Waals surface area contributed by atoms with Gasteiger partial charge in [-0.15, -0.1) is 11.4 Å². The molecule has 0 amide bonds. The van der Waals surface area contributed by atoms with Gasteiger partial charge in [0.05, 0.1) is 5.60 Å². The zero-order valence-corrected chi connectivity index (χ0v) is 14.8. The van der Waals surface area contributed by atoms with Crippen molar-refractivity contribution in [1.82, 2.24) is 0 Å². The summed E-state index contributed by atoms with van der Waals surface area (Å²) in [6, 6.07) is 19.2. The van der Waals surface area contributed by atoms with Gasteiger partial charge in [-0.2, -0.15) is 0 Å². The minimum atomic E-state index is -0.502. The van der Waals surface area contributed by atoms with Gasteiger partial charge in [-0.1, -0.05) is 67.4 Å². The molecular weight excluding hydrogens is 307 g/mol. The molecular formula is C19H23OPS. The predicted octanol–water partition coefficient (Wildman–Crippen LogP) is 5.00. The normalized spacial score (nSPS) is 25.6. The van der Waals surface area contributed by atoms with E-state index in [0.29, 0.717) is 13.0 Å². The van der Waals surface area contributed by atoms with E-state index >= 15 is 0 Å². The fourth-order valence-electron chi connectivity index (χ4n) is 3.05. The summed E-state index contributed by atoms with van der Waals surface area (Å²) in [6.45, 7) is 2.01. The quantitative estimate of drug-likeness (QED) is 0.796. The van der Waals surface area contributed by atoms with Crippen molar-refractivity contribution in [3.8, 4) is 11.1 Å². The van der Waals surface area contributed by atoms with Crippen LogP contribution in [0, 0.1) is 0 Å². The molecule has 3 atom stereocenters. The number of benzene rings is 2. The monoisotopic (exact) mass is 330 g/mol. The summed E-state index contributed by atoms with van der Waals surface area (Å²) in [5.74, 6) is 0. The van der Waals surface area contributed by atoms with E-state index in [1.807, 2.05) is 18.3 Å². The van der Waals surface area contributed by atoms with Gasteiger partial charge in [0.25, 0.3) is 0 Å². The van der Waals surface area contributed by atoms with Crippen molar-refractivity contribution in [3.63, 3.8) is 0 Å². The smallest absolute Gasteiger partial charge is 0.0741 e. The van der Waals surface area contributed by atoms with Gasteiger partial charge in [0, 0.05) is 5.25 Å². The second kappa shape index (κ2) is 7.17. The third-order valence-electron chi connectivity index (χ3n) is 4.42. The lowest BCUT2D eigenvalue weighted by Crippen LogP contribution is -2.39. The number of hydrogen-bond acceptors (Lipinski definition) is 2. The van der Waals surface area contributed by atoms with E-state index in [2.05, 4.69) is 54.6 Å². The average molecular weight is 330 g/mol. The van der Waals surface area contributed by atoms with Gasteiger partial charge >= 0.3 is 0 Å². The Hall–Kier alpha value is -0.820. The van der Waals surface area contributed by atoms with Crippen molar-refractivity contribution in [3.05, 3.63) is 54.6 Å². The summed E-state index contributed by atoms with van der Waals surface area (Å²) in [7, 11) is 0.683. The second-order valence-corrected chi connectivity index (χ2v) is 9.09. The molecule has 0 heterocycles. The molecule has 0 aromatic heterocycles. The SMILES string of the molecule is CC1(O)CCCCC1SPc1ccccc1-c1ccccc1. The largest absolute Gasteiger partial charge is 0.389 e. The average Bonchev–Trinajstić information content (AvgIpc) is 2.55. The maximum absolute atomic E-state index is 10.6. The Bertz CT molecular complexity index is 612. The molecule has 0 bridgehead atoms. The highest BCUT2D eigenvalue weighted by molar-refractivity contribution is 8.51. The highest BCUT2D eigenvalue weighted by Crippen LogP contribution is 2.45. The number of hydrogen-bond donors (Lipinski definition) is 1. The predicted molar refractivity (Wildman–Crippen MR) is 100 cm³/mol. The summed E-state index contributed by atoms with van der Waals surface area (Å²) in [5, 5.41) is 12.3. The maximum atomic E-state index is 10.6. The molecule has 1 fully saturated rings. The van der Waals surface area contributed by atoms with Crippen LogP contribution in [-0.4, -0.2) is 16.0 Å². The van der Waals surface area contributed by atoms with Crippen LogP contribution < -0.4 is 5.30 Å². The Balaban J connectivity index is 1.76. The van der Waals surface area contributed by atoms with Gasteiger partial charge in [0.15, 0.2) is 0 Å². The van der Waals surface area contributed by atoms with Crippen molar-refractivity contribution >= 4 is 24.5 Å². The molecule has 0 aliphatic heterocycles. The van der Waals surface area contributed by atoms with Crippen molar-refractivity contribution < 1.29 is 5.11 Å². The lowest BCUT2D eigenvalue weighted by atomic mass is 9.86. The van der Waals surface area contributed by atoms with Gasteiger partial charge < -0.3 is 5.11 Å². The first-order valence-corrected chi connectivity index (χ1v) is 10.6. The van der Waals surface area contributed by atoms with Crippen LogP contribution in [0.1, 0.15) is 32.6 Å². The molecule has 2 aromatic carbocycles. The van der Waals surface area contributed by atoms with Crippen molar-refractivity contribution in [2.75, 3.05) is 0 Å². The molecule has 1 aliphatic carbocycles. The first-order chi connectivity index (χ1) is 10.7. The fourth-order valence-corrected chi connectivity index (χ4v) is 6.93. The van der Waals surface area contributed by atoms with E-state index in [4.69, 9.17) is 0 Å². The van der Waals surface area contributed by atoms with E-state index in [1.54, 1.807) is 0 Å². The third-order valence-corrected chi connectivity index (χ3v) is 8.08.